The molecule has 0 aromatic rings. The van der Waals surface area contributed by atoms with Gasteiger partial charge in [0.05, 0.1) is 12.6 Å². The minimum absolute atomic E-state index is 0.179. The fraction of sp³-hybridized carbons (Fsp3) is 0.800. The molecule has 0 amide bonds. The van der Waals surface area contributed by atoms with Crippen LogP contribution in [0.4, 0.5) is 0 Å². The summed E-state index contributed by atoms with van der Waals surface area (Å²) in [6.45, 7) is 0.579. The van der Waals surface area contributed by atoms with Gasteiger partial charge in [0.1, 0.15) is 0 Å². The van der Waals surface area contributed by atoms with Gasteiger partial charge in [-0.2, -0.15) is 0 Å². The Morgan fingerprint density at radius 2 is 1.79 bits per heavy atom. The van der Waals surface area contributed by atoms with Gasteiger partial charge in [-0.3, -0.25) is 0 Å². The predicted molar refractivity (Wildman–Crippen MR) is 51.5 cm³/mol. The van der Waals surface area contributed by atoms with E-state index in [0.29, 0.717) is 12.5 Å². The highest BCUT2D eigenvalue weighted by atomic mass is 16.1. The molecule has 4 nitrogen and oxygen atoms in total. The van der Waals surface area contributed by atoms with Gasteiger partial charge in [-0.1, -0.05) is 0 Å². The van der Waals surface area contributed by atoms with Crippen molar-refractivity contribution in [3.63, 3.8) is 0 Å². The third-order valence-corrected chi connectivity index (χ3v) is 2.77. The molecule has 1 rings (SSSR count). The van der Waals surface area contributed by atoms with E-state index < -0.39 is 0 Å². The van der Waals surface area contributed by atoms with E-state index in [1.165, 1.54) is 0 Å². The van der Waals surface area contributed by atoms with Gasteiger partial charge in [-0.05, 0) is 38.0 Å². The minimum Gasteiger partial charge on any atom is -0.211 e. The zero-order chi connectivity index (χ0) is 10.2. The molecular formula is C10H14N2O2. The summed E-state index contributed by atoms with van der Waals surface area (Å²) >= 11 is 0. The summed E-state index contributed by atoms with van der Waals surface area (Å²) in [5.74, 6) is 0.630. The molecular weight excluding hydrogens is 180 g/mol. The fourth-order valence-corrected chi connectivity index (χ4v) is 1.93. The second kappa shape index (κ2) is 6.25. The summed E-state index contributed by atoms with van der Waals surface area (Å²) in [6.07, 6.45) is 8.18. The van der Waals surface area contributed by atoms with Gasteiger partial charge >= 0.3 is 0 Å². The Morgan fingerprint density at radius 1 is 1.07 bits per heavy atom. The molecule has 0 spiro atoms. The van der Waals surface area contributed by atoms with E-state index >= 15 is 0 Å². The molecule has 0 radical (unpaired) electrons. The first kappa shape index (κ1) is 10.8. The Labute approximate surface area is 83.1 Å². The van der Waals surface area contributed by atoms with Crippen LogP contribution in [-0.4, -0.2) is 24.7 Å². The molecule has 0 aromatic carbocycles. The minimum atomic E-state index is 0.179. The molecule has 0 N–H and O–H groups in total. The molecule has 4 heteroatoms. The van der Waals surface area contributed by atoms with Crippen molar-refractivity contribution in [2.24, 2.45) is 15.9 Å². The molecule has 1 fully saturated rings. The van der Waals surface area contributed by atoms with E-state index in [4.69, 9.17) is 0 Å². The van der Waals surface area contributed by atoms with Gasteiger partial charge in [-0.15, -0.1) is 0 Å². The van der Waals surface area contributed by atoms with Crippen LogP contribution in [0.1, 0.15) is 32.1 Å². The highest BCUT2D eigenvalue weighted by Crippen LogP contribution is 2.28. The Morgan fingerprint density at radius 3 is 2.36 bits per heavy atom. The molecule has 0 saturated heterocycles. The monoisotopic (exact) mass is 194 g/mol. The molecule has 0 aliphatic heterocycles. The van der Waals surface area contributed by atoms with Crippen LogP contribution in [0, 0.1) is 5.92 Å². The number of aliphatic imine (C=N–C) groups is 2. The zero-order valence-corrected chi connectivity index (χ0v) is 8.11. The van der Waals surface area contributed by atoms with Crippen LogP contribution in [-0.2, 0) is 9.59 Å². The van der Waals surface area contributed by atoms with E-state index in [2.05, 4.69) is 9.98 Å². The number of nitrogens with zero attached hydrogens (tertiary/aromatic N) is 2. The van der Waals surface area contributed by atoms with Crippen LogP contribution < -0.4 is 0 Å². The third kappa shape index (κ3) is 3.65. The summed E-state index contributed by atoms with van der Waals surface area (Å²) in [6, 6.07) is 0.179. The molecule has 76 valence electrons. The average molecular weight is 194 g/mol. The van der Waals surface area contributed by atoms with Crippen molar-refractivity contribution >= 4 is 12.2 Å². The molecule has 0 atom stereocenters. The average Bonchev–Trinajstić information content (AvgIpc) is 2.21. The molecule has 0 heterocycles. The molecule has 1 aliphatic carbocycles. The smallest absolute Gasteiger partial charge is 0.211 e. The lowest BCUT2D eigenvalue weighted by atomic mass is 9.84. The van der Waals surface area contributed by atoms with Gasteiger partial charge in [0.2, 0.25) is 12.2 Å². The van der Waals surface area contributed by atoms with Crippen molar-refractivity contribution in [2.45, 2.75) is 38.1 Å². The van der Waals surface area contributed by atoms with Crippen LogP contribution in [0.5, 0.6) is 0 Å². The summed E-state index contributed by atoms with van der Waals surface area (Å²) in [7, 11) is 0. The number of hydrogen-bond donors (Lipinski definition) is 0. The number of carbonyl (C=O) groups excluding carboxylic acids is 2. The zero-order valence-electron chi connectivity index (χ0n) is 8.11. The normalized spacial score (nSPS) is 26.0. The lowest BCUT2D eigenvalue weighted by Gasteiger charge is -2.24. The van der Waals surface area contributed by atoms with Crippen molar-refractivity contribution in [2.75, 3.05) is 6.54 Å². The number of rotatable bonds is 4. The fourth-order valence-electron chi connectivity index (χ4n) is 1.93. The van der Waals surface area contributed by atoms with Gasteiger partial charge in [0, 0.05) is 0 Å². The maximum atomic E-state index is 10.0. The molecule has 0 bridgehead atoms. The topological polar surface area (TPSA) is 58.9 Å². The van der Waals surface area contributed by atoms with E-state index in [1.807, 2.05) is 0 Å². The first-order valence-electron chi connectivity index (χ1n) is 4.97. The first-order valence-corrected chi connectivity index (χ1v) is 4.97. The summed E-state index contributed by atoms with van der Waals surface area (Å²) in [4.78, 5) is 27.1. The van der Waals surface area contributed by atoms with Gasteiger partial charge in [-0.25, -0.2) is 19.6 Å². The van der Waals surface area contributed by atoms with Crippen molar-refractivity contribution in [1.29, 1.82) is 0 Å². The SMILES string of the molecule is O=C=NCCC1CCC(N=C=O)CC1. The lowest BCUT2D eigenvalue weighted by molar-refractivity contribution is 0.314. The van der Waals surface area contributed by atoms with Gasteiger partial charge in [0.15, 0.2) is 0 Å². The molecule has 0 aromatic heterocycles. The quantitative estimate of drug-likeness (QED) is 0.504. The lowest BCUT2D eigenvalue weighted by Crippen LogP contribution is -2.17. The molecule has 1 aliphatic rings. The molecule has 1 saturated carbocycles. The number of hydrogen-bond acceptors (Lipinski definition) is 4. The highest BCUT2D eigenvalue weighted by Gasteiger charge is 2.19. The van der Waals surface area contributed by atoms with Crippen molar-refractivity contribution < 1.29 is 9.59 Å². The van der Waals surface area contributed by atoms with Crippen LogP contribution >= 0.6 is 0 Å². The maximum Gasteiger partial charge on any atom is 0.235 e. The van der Waals surface area contributed by atoms with Crippen LogP contribution in [0.25, 0.3) is 0 Å². The van der Waals surface area contributed by atoms with E-state index in [0.717, 1.165) is 32.1 Å². The third-order valence-electron chi connectivity index (χ3n) is 2.77. The summed E-state index contributed by atoms with van der Waals surface area (Å²) in [5.41, 5.74) is 0. The van der Waals surface area contributed by atoms with Crippen molar-refractivity contribution in [1.82, 2.24) is 0 Å². The predicted octanol–water partition coefficient (Wildman–Crippen LogP) is 1.61. The second-order valence-electron chi connectivity index (χ2n) is 3.66. The Kier molecular flexibility index (Phi) is 4.84. The number of isocyanates is 2. The van der Waals surface area contributed by atoms with Crippen LogP contribution in [0.2, 0.25) is 0 Å². The Hall–Kier alpha value is -1.24. The summed E-state index contributed by atoms with van der Waals surface area (Å²) < 4.78 is 0. The highest BCUT2D eigenvalue weighted by molar-refractivity contribution is 5.33. The van der Waals surface area contributed by atoms with Gasteiger partial charge < -0.3 is 0 Å². The largest absolute Gasteiger partial charge is 0.235 e. The molecule has 0 unspecified atom stereocenters. The van der Waals surface area contributed by atoms with Crippen LogP contribution in [0.3, 0.4) is 0 Å². The standard InChI is InChI=1S/C10H14N2O2/c13-7-11-6-5-9-1-3-10(4-2-9)12-8-14/h9-10H,1-6H2. The maximum absolute atomic E-state index is 10.0. The van der Waals surface area contributed by atoms with E-state index in [-0.39, 0.29) is 6.04 Å². The van der Waals surface area contributed by atoms with E-state index in [9.17, 15) is 9.59 Å². The van der Waals surface area contributed by atoms with Crippen LogP contribution in [0.15, 0.2) is 9.98 Å². The Bertz CT molecular complexity index is 257. The summed E-state index contributed by atoms with van der Waals surface area (Å²) in [5, 5.41) is 0. The first-order chi connectivity index (χ1) is 6.86. The van der Waals surface area contributed by atoms with Gasteiger partial charge in [0.25, 0.3) is 0 Å². The van der Waals surface area contributed by atoms with Crippen molar-refractivity contribution in [3.05, 3.63) is 0 Å². The van der Waals surface area contributed by atoms with Crippen molar-refractivity contribution in [3.8, 4) is 0 Å². The Balaban J connectivity index is 2.21. The van der Waals surface area contributed by atoms with E-state index in [1.54, 1.807) is 12.2 Å². The molecule has 14 heavy (non-hydrogen) atoms. The second-order valence-corrected chi connectivity index (χ2v) is 3.66.